The van der Waals surface area contributed by atoms with Gasteiger partial charge in [-0.15, -0.1) is 11.3 Å². The molecule has 7 heteroatoms. The first-order valence-electron chi connectivity index (χ1n) is 8.77. The van der Waals surface area contributed by atoms with Gasteiger partial charge in [0.1, 0.15) is 11.6 Å². The molecular weight excluding hydrogens is 354 g/mol. The Hall–Kier alpha value is -2.15. The Morgan fingerprint density at radius 1 is 1.38 bits per heavy atom. The number of hydrogen-bond acceptors (Lipinski definition) is 3. The van der Waals surface area contributed by atoms with Gasteiger partial charge in [0.25, 0.3) is 0 Å². The number of nitrogens with one attached hydrogen (secondary N) is 2. The summed E-state index contributed by atoms with van der Waals surface area (Å²) in [7, 11) is 1.75. The fourth-order valence-electron chi connectivity index (χ4n) is 3.14. The highest BCUT2D eigenvalue weighted by Gasteiger charge is 2.25. The van der Waals surface area contributed by atoms with Gasteiger partial charge in [0.15, 0.2) is 5.96 Å². The van der Waals surface area contributed by atoms with Crippen LogP contribution < -0.4 is 15.5 Å². The first-order valence-corrected chi connectivity index (χ1v) is 9.65. The summed E-state index contributed by atoms with van der Waals surface area (Å²) in [6.07, 6.45) is 0.873. The van der Waals surface area contributed by atoms with E-state index in [1.165, 1.54) is 17.0 Å². The first-order chi connectivity index (χ1) is 12.6. The summed E-state index contributed by atoms with van der Waals surface area (Å²) in [5.41, 5.74) is 0.449. The SMILES string of the molecule is CN=C(NCC(C)c1cccs1)NC1CCN(c2ccc(F)cc2F)C1. The lowest BCUT2D eigenvalue weighted by molar-refractivity contribution is 0.580. The lowest BCUT2D eigenvalue weighted by Gasteiger charge is -2.21. The van der Waals surface area contributed by atoms with Crippen molar-refractivity contribution in [2.24, 2.45) is 4.99 Å². The van der Waals surface area contributed by atoms with Gasteiger partial charge in [-0.2, -0.15) is 0 Å². The van der Waals surface area contributed by atoms with Crippen LogP contribution in [0.5, 0.6) is 0 Å². The molecule has 1 fully saturated rings. The summed E-state index contributed by atoms with van der Waals surface area (Å²) < 4.78 is 27.1. The number of benzene rings is 1. The average Bonchev–Trinajstić information content (AvgIpc) is 3.30. The number of guanidine groups is 1. The molecule has 0 spiro atoms. The summed E-state index contributed by atoms with van der Waals surface area (Å²) >= 11 is 1.75. The average molecular weight is 378 g/mol. The van der Waals surface area contributed by atoms with E-state index in [4.69, 9.17) is 0 Å². The van der Waals surface area contributed by atoms with E-state index in [1.54, 1.807) is 18.4 Å². The second-order valence-electron chi connectivity index (χ2n) is 6.54. The van der Waals surface area contributed by atoms with E-state index in [1.807, 2.05) is 4.90 Å². The number of hydrogen-bond donors (Lipinski definition) is 2. The van der Waals surface area contributed by atoms with Crippen molar-refractivity contribution in [1.29, 1.82) is 0 Å². The Bertz CT molecular complexity index is 748. The number of halogens is 2. The maximum Gasteiger partial charge on any atom is 0.191 e. The van der Waals surface area contributed by atoms with Crippen LogP contribution in [0.3, 0.4) is 0 Å². The molecule has 2 N–H and O–H groups in total. The normalized spacial score (nSPS) is 18.8. The Labute approximate surface area is 156 Å². The second kappa shape index (κ2) is 8.49. The van der Waals surface area contributed by atoms with Crippen LogP contribution >= 0.6 is 11.3 Å². The number of thiophene rings is 1. The number of rotatable bonds is 5. The van der Waals surface area contributed by atoms with Crippen LogP contribution in [0.4, 0.5) is 14.5 Å². The van der Waals surface area contributed by atoms with Gasteiger partial charge in [-0.3, -0.25) is 4.99 Å². The van der Waals surface area contributed by atoms with Gasteiger partial charge in [0.2, 0.25) is 0 Å². The molecule has 1 aromatic carbocycles. The van der Waals surface area contributed by atoms with Crippen LogP contribution in [-0.4, -0.2) is 38.7 Å². The highest BCUT2D eigenvalue weighted by Crippen LogP contribution is 2.24. The molecule has 3 rings (SSSR count). The van der Waals surface area contributed by atoms with E-state index >= 15 is 0 Å². The smallest absolute Gasteiger partial charge is 0.191 e. The van der Waals surface area contributed by atoms with Gasteiger partial charge in [-0.25, -0.2) is 8.78 Å². The predicted octanol–water partition coefficient (Wildman–Crippen LogP) is 3.57. The molecule has 2 atom stereocenters. The minimum atomic E-state index is -0.551. The zero-order chi connectivity index (χ0) is 18.5. The second-order valence-corrected chi connectivity index (χ2v) is 7.52. The Balaban J connectivity index is 1.52. The molecule has 0 saturated carbocycles. The van der Waals surface area contributed by atoms with E-state index in [-0.39, 0.29) is 6.04 Å². The van der Waals surface area contributed by atoms with Crippen molar-refractivity contribution < 1.29 is 8.78 Å². The minimum absolute atomic E-state index is 0.169. The molecule has 2 heterocycles. The number of nitrogens with zero attached hydrogens (tertiary/aromatic N) is 2. The molecule has 1 aliphatic heterocycles. The molecule has 0 radical (unpaired) electrons. The monoisotopic (exact) mass is 378 g/mol. The Kier molecular flexibility index (Phi) is 6.08. The van der Waals surface area contributed by atoms with Crippen molar-refractivity contribution in [3.63, 3.8) is 0 Å². The molecule has 2 unspecified atom stereocenters. The summed E-state index contributed by atoms with van der Waals surface area (Å²) in [6.45, 7) is 4.36. The zero-order valence-electron chi connectivity index (χ0n) is 15.0. The van der Waals surface area contributed by atoms with Crippen molar-refractivity contribution in [2.45, 2.75) is 25.3 Å². The molecule has 4 nitrogen and oxygen atoms in total. The predicted molar refractivity (Wildman–Crippen MR) is 104 cm³/mol. The minimum Gasteiger partial charge on any atom is -0.367 e. The summed E-state index contributed by atoms with van der Waals surface area (Å²) in [5, 5.41) is 8.85. The van der Waals surface area contributed by atoms with Gasteiger partial charge < -0.3 is 15.5 Å². The zero-order valence-corrected chi connectivity index (χ0v) is 15.8. The largest absolute Gasteiger partial charge is 0.367 e. The van der Waals surface area contributed by atoms with Crippen LogP contribution in [0.25, 0.3) is 0 Å². The van der Waals surface area contributed by atoms with Gasteiger partial charge in [-0.1, -0.05) is 13.0 Å². The summed E-state index contributed by atoms with van der Waals surface area (Å²) in [5.74, 6) is 0.0873. The molecule has 1 aliphatic rings. The molecule has 140 valence electrons. The maximum absolute atomic E-state index is 14.0. The first kappa shape index (κ1) is 18.6. The fourth-order valence-corrected chi connectivity index (χ4v) is 3.93. The molecular formula is C19H24F2N4S. The third-order valence-corrected chi connectivity index (χ3v) is 5.71. The van der Waals surface area contributed by atoms with Crippen LogP contribution in [0, 0.1) is 11.6 Å². The van der Waals surface area contributed by atoms with Crippen molar-refractivity contribution in [1.82, 2.24) is 10.6 Å². The Morgan fingerprint density at radius 3 is 2.92 bits per heavy atom. The fraction of sp³-hybridized carbons (Fsp3) is 0.421. The van der Waals surface area contributed by atoms with Crippen molar-refractivity contribution in [3.8, 4) is 0 Å². The van der Waals surface area contributed by atoms with Crippen LogP contribution in [-0.2, 0) is 0 Å². The van der Waals surface area contributed by atoms with Crippen molar-refractivity contribution in [2.75, 3.05) is 31.6 Å². The van der Waals surface area contributed by atoms with E-state index in [0.29, 0.717) is 18.2 Å². The standard InChI is InChI=1S/C19H24F2N4S/c1-13(18-4-3-9-26-18)11-23-19(22-2)24-15-7-8-25(12-15)17-6-5-14(20)10-16(17)21/h3-6,9-10,13,15H,7-8,11-12H2,1-2H3,(H2,22,23,24). The highest BCUT2D eigenvalue weighted by atomic mass is 32.1. The third-order valence-electron chi connectivity index (χ3n) is 4.61. The summed E-state index contributed by atoms with van der Waals surface area (Å²) in [4.78, 5) is 7.57. The Morgan fingerprint density at radius 2 is 2.23 bits per heavy atom. The van der Waals surface area contributed by atoms with Gasteiger partial charge >= 0.3 is 0 Å². The highest BCUT2D eigenvalue weighted by molar-refractivity contribution is 7.10. The van der Waals surface area contributed by atoms with E-state index in [9.17, 15) is 8.78 Å². The molecule has 0 amide bonds. The van der Waals surface area contributed by atoms with Gasteiger partial charge in [0, 0.05) is 49.6 Å². The van der Waals surface area contributed by atoms with Crippen LogP contribution in [0.15, 0.2) is 40.7 Å². The van der Waals surface area contributed by atoms with Crippen molar-refractivity contribution in [3.05, 3.63) is 52.2 Å². The van der Waals surface area contributed by atoms with E-state index in [2.05, 4.69) is 40.1 Å². The lowest BCUT2D eigenvalue weighted by Crippen LogP contribution is -2.45. The quantitative estimate of drug-likeness (QED) is 0.617. The maximum atomic E-state index is 14.0. The third kappa shape index (κ3) is 4.52. The molecule has 1 aromatic heterocycles. The number of anilines is 1. The van der Waals surface area contributed by atoms with Gasteiger partial charge in [0.05, 0.1) is 5.69 Å². The van der Waals surface area contributed by atoms with E-state index < -0.39 is 11.6 Å². The molecule has 0 bridgehead atoms. The van der Waals surface area contributed by atoms with Gasteiger partial charge in [-0.05, 0) is 30.0 Å². The lowest BCUT2D eigenvalue weighted by atomic mass is 10.1. The van der Waals surface area contributed by atoms with E-state index in [0.717, 1.165) is 31.5 Å². The molecule has 0 aliphatic carbocycles. The van der Waals surface area contributed by atoms with Crippen LogP contribution in [0.1, 0.15) is 24.1 Å². The molecule has 1 saturated heterocycles. The summed E-state index contributed by atoms with van der Waals surface area (Å²) in [6, 6.07) is 8.10. The molecule has 2 aromatic rings. The topological polar surface area (TPSA) is 39.7 Å². The molecule has 26 heavy (non-hydrogen) atoms. The van der Waals surface area contributed by atoms with Crippen molar-refractivity contribution >= 4 is 23.0 Å². The number of aliphatic imine (C=N–C) groups is 1. The van der Waals surface area contributed by atoms with Crippen LogP contribution in [0.2, 0.25) is 0 Å².